The average Bonchev–Trinajstić information content (AvgIpc) is 2.52. The molecule has 0 N–H and O–H groups in total. The molecule has 0 atom stereocenters. The lowest BCUT2D eigenvalue weighted by Crippen LogP contribution is -1.85. The van der Waals surface area contributed by atoms with E-state index in [4.69, 9.17) is 0 Å². The summed E-state index contributed by atoms with van der Waals surface area (Å²) >= 11 is 0. The van der Waals surface area contributed by atoms with Gasteiger partial charge in [-0.3, -0.25) is 0 Å². The summed E-state index contributed by atoms with van der Waals surface area (Å²) in [6.07, 6.45) is 0. The first-order valence-corrected chi connectivity index (χ1v) is 6.89. The van der Waals surface area contributed by atoms with Crippen LogP contribution in [0.25, 0.3) is 43.1 Å². The van der Waals surface area contributed by atoms with Gasteiger partial charge in [-0.25, -0.2) is 0 Å². The Balaban J connectivity index is 2.32. The van der Waals surface area contributed by atoms with Crippen LogP contribution in [0.4, 0.5) is 0 Å². The summed E-state index contributed by atoms with van der Waals surface area (Å²) in [5.74, 6) is 0. The Morgan fingerprint density at radius 1 is 0.500 bits per heavy atom. The lowest BCUT2D eigenvalue weighted by Gasteiger charge is -2.13. The van der Waals surface area contributed by atoms with Crippen molar-refractivity contribution in [3.05, 3.63) is 72.8 Å². The fourth-order valence-corrected chi connectivity index (χ4v) is 3.50. The zero-order valence-corrected chi connectivity index (χ0v) is 10.9. The van der Waals surface area contributed by atoms with Gasteiger partial charge in [-0.05, 0) is 61.3 Å². The van der Waals surface area contributed by atoms with Gasteiger partial charge in [-0.1, -0.05) is 54.6 Å². The van der Waals surface area contributed by atoms with E-state index in [-0.39, 0.29) is 0 Å². The van der Waals surface area contributed by atoms with Crippen LogP contribution < -0.4 is 0 Å². The summed E-state index contributed by atoms with van der Waals surface area (Å²) in [7, 11) is 0. The molecule has 5 aromatic rings. The molecule has 0 amide bonds. The Hall–Kier alpha value is -2.60. The van der Waals surface area contributed by atoms with Gasteiger partial charge in [0.15, 0.2) is 0 Å². The van der Waals surface area contributed by atoms with Crippen molar-refractivity contribution in [3.8, 4) is 0 Å². The molecule has 0 aliphatic rings. The molecule has 0 heterocycles. The van der Waals surface area contributed by atoms with Gasteiger partial charge in [0.05, 0.1) is 0 Å². The van der Waals surface area contributed by atoms with E-state index in [9.17, 15) is 0 Å². The Bertz CT molecular complexity index is 917. The SMILES string of the molecule is [c]1cc2cccc3c4cccc5cccc(c(c1)c23)c54. The molecule has 0 aromatic heterocycles. The third kappa shape index (κ3) is 1.12. The summed E-state index contributed by atoms with van der Waals surface area (Å²) < 4.78 is 0. The van der Waals surface area contributed by atoms with Crippen LogP contribution in [0, 0.1) is 6.07 Å². The van der Waals surface area contributed by atoms with Gasteiger partial charge in [-0.15, -0.1) is 0 Å². The Labute approximate surface area is 116 Å². The van der Waals surface area contributed by atoms with Crippen LogP contribution >= 0.6 is 0 Å². The summed E-state index contributed by atoms with van der Waals surface area (Å²) in [5, 5.41) is 10.6. The number of rotatable bonds is 0. The fourth-order valence-electron chi connectivity index (χ4n) is 3.50. The van der Waals surface area contributed by atoms with Gasteiger partial charge in [0.25, 0.3) is 0 Å². The van der Waals surface area contributed by atoms with Crippen LogP contribution in [0.15, 0.2) is 66.7 Å². The van der Waals surface area contributed by atoms with Crippen LogP contribution in [-0.2, 0) is 0 Å². The van der Waals surface area contributed by atoms with E-state index in [1.165, 1.54) is 43.1 Å². The van der Waals surface area contributed by atoms with E-state index in [2.05, 4.69) is 72.8 Å². The van der Waals surface area contributed by atoms with Gasteiger partial charge in [-0.2, -0.15) is 0 Å². The van der Waals surface area contributed by atoms with E-state index in [1.807, 2.05) is 0 Å². The molecule has 5 rings (SSSR count). The van der Waals surface area contributed by atoms with E-state index in [1.54, 1.807) is 0 Å². The number of hydrogen-bond acceptors (Lipinski definition) is 0. The first-order chi connectivity index (χ1) is 9.93. The van der Waals surface area contributed by atoms with Crippen molar-refractivity contribution >= 4 is 43.1 Å². The zero-order chi connectivity index (χ0) is 13.1. The zero-order valence-electron chi connectivity index (χ0n) is 10.9. The van der Waals surface area contributed by atoms with Gasteiger partial charge in [0, 0.05) is 0 Å². The average molecular weight is 251 g/mol. The van der Waals surface area contributed by atoms with E-state index < -0.39 is 0 Å². The van der Waals surface area contributed by atoms with E-state index in [0.29, 0.717) is 0 Å². The van der Waals surface area contributed by atoms with Crippen molar-refractivity contribution in [1.82, 2.24) is 0 Å². The van der Waals surface area contributed by atoms with Crippen molar-refractivity contribution in [2.24, 2.45) is 0 Å². The smallest absolute Gasteiger partial charge is 0.00259 e. The quantitative estimate of drug-likeness (QED) is 0.250. The van der Waals surface area contributed by atoms with Crippen molar-refractivity contribution < 1.29 is 0 Å². The molecule has 91 valence electrons. The molecule has 0 fully saturated rings. The van der Waals surface area contributed by atoms with Crippen LogP contribution in [0.5, 0.6) is 0 Å². The standard InChI is InChI=1S/C20H11/c1-5-13-6-2-11-17-18-12-4-8-14-7-3-10-16(20(14)18)15(9-1)19(13)17/h1-3,5-12H. The van der Waals surface area contributed by atoms with Gasteiger partial charge in [0.2, 0.25) is 0 Å². The molecule has 0 saturated carbocycles. The molecule has 0 unspecified atom stereocenters. The molecule has 0 nitrogen and oxygen atoms in total. The fraction of sp³-hybridized carbons (Fsp3) is 0. The Kier molecular flexibility index (Phi) is 1.78. The maximum absolute atomic E-state index is 3.29. The van der Waals surface area contributed by atoms with E-state index >= 15 is 0 Å². The largest absolute Gasteiger partial charge is 0.0610 e. The first kappa shape index (κ1) is 10.2. The third-order valence-electron chi connectivity index (χ3n) is 4.32. The van der Waals surface area contributed by atoms with Crippen molar-refractivity contribution in [3.63, 3.8) is 0 Å². The second kappa shape index (κ2) is 3.49. The van der Waals surface area contributed by atoms with E-state index in [0.717, 1.165) is 0 Å². The van der Waals surface area contributed by atoms with Crippen molar-refractivity contribution in [2.75, 3.05) is 0 Å². The first-order valence-electron chi connectivity index (χ1n) is 6.89. The predicted octanol–water partition coefficient (Wildman–Crippen LogP) is 5.54. The molecule has 0 aliphatic heterocycles. The normalized spacial score (nSPS) is 12.0. The van der Waals surface area contributed by atoms with Crippen LogP contribution in [0.1, 0.15) is 0 Å². The highest BCUT2D eigenvalue weighted by Crippen LogP contribution is 2.39. The molecule has 0 heteroatoms. The lowest BCUT2D eigenvalue weighted by molar-refractivity contribution is 1.78. The minimum Gasteiger partial charge on any atom is -0.0610 e. The van der Waals surface area contributed by atoms with Crippen LogP contribution in [-0.4, -0.2) is 0 Å². The summed E-state index contributed by atoms with van der Waals surface area (Å²) in [4.78, 5) is 0. The minimum absolute atomic E-state index is 1.27. The molecule has 5 aromatic carbocycles. The Morgan fingerprint density at radius 2 is 1.05 bits per heavy atom. The monoisotopic (exact) mass is 251 g/mol. The maximum atomic E-state index is 3.29. The maximum Gasteiger partial charge on any atom is -0.00259 e. The molecule has 20 heavy (non-hydrogen) atoms. The summed E-state index contributed by atoms with van der Waals surface area (Å²) in [6, 6.07) is 27.2. The second-order valence-corrected chi connectivity index (χ2v) is 5.35. The highest BCUT2D eigenvalue weighted by molar-refractivity contribution is 6.32. The van der Waals surface area contributed by atoms with Gasteiger partial charge in [0.1, 0.15) is 0 Å². The summed E-state index contributed by atoms with van der Waals surface area (Å²) in [5.41, 5.74) is 0. The topological polar surface area (TPSA) is 0 Å². The number of hydrogen-bond donors (Lipinski definition) is 0. The lowest BCUT2D eigenvalue weighted by atomic mass is 9.90. The third-order valence-corrected chi connectivity index (χ3v) is 4.32. The molecular formula is C20H11. The van der Waals surface area contributed by atoms with Crippen LogP contribution in [0.2, 0.25) is 0 Å². The molecule has 0 spiro atoms. The predicted molar refractivity (Wildman–Crippen MR) is 86.5 cm³/mol. The van der Waals surface area contributed by atoms with Crippen molar-refractivity contribution in [1.29, 1.82) is 0 Å². The molecule has 0 bridgehead atoms. The molecule has 0 saturated heterocycles. The second-order valence-electron chi connectivity index (χ2n) is 5.35. The highest BCUT2D eigenvalue weighted by atomic mass is 14.1. The number of benzene rings is 5. The minimum atomic E-state index is 1.27. The molecule has 0 aliphatic carbocycles. The Morgan fingerprint density at radius 3 is 1.75 bits per heavy atom. The number of fused-ring (bicyclic) bond motifs is 2. The van der Waals surface area contributed by atoms with Crippen LogP contribution in [0.3, 0.4) is 0 Å². The highest BCUT2D eigenvalue weighted by Gasteiger charge is 2.11. The molecule has 1 radical (unpaired) electrons. The van der Waals surface area contributed by atoms with Gasteiger partial charge < -0.3 is 0 Å². The van der Waals surface area contributed by atoms with Crippen molar-refractivity contribution in [2.45, 2.75) is 0 Å². The summed E-state index contributed by atoms with van der Waals surface area (Å²) in [6.45, 7) is 0. The van der Waals surface area contributed by atoms with Gasteiger partial charge >= 0.3 is 0 Å². The molecular weight excluding hydrogens is 240 g/mol.